The molecule has 1 aliphatic rings. The van der Waals surface area contributed by atoms with Gasteiger partial charge in [0.15, 0.2) is 0 Å². The molecular formula is C16H21N3O. The van der Waals surface area contributed by atoms with Gasteiger partial charge in [-0.25, -0.2) is 0 Å². The van der Waals surface area contributed by atoms with Crippen molar-refractivity contribution in [3.63, 3.8) is 0 Å². The summed E-state index contributed by atoms with van der Waals surface area (Å²) in [5, 5.41) is 4.06. The maximum absolute atomic E-state index is 12.4. The van der Waals surface area contributed by atoms with Crippen LogP contribution in [-0.2, 0) is 0 Å². The van der Waals surface area contributed by atoms with Crippen LogP contribution in [-0.4, -0.2) is 16.9 Å². The SMILES string of the molecule is CC1CCCC(NC(=O)c2c[nH]c3ccc(N)cc23)C1. The van der Waals surface area contributed by atoms with E-state index in [1.54, 1.807) is 6.20 Å². The van der Waals surface area contributed by atoms with Gasteiger partial charge in [0.05, 0.1) is 5.56 Å². The van der Waals surface area contributed by atoms with Gasteiger partial charge in [-0.15, -0.1) is 0 Å². The number of nitrogens with two attached hydrogens (primary N) is 1. The number of aromatic amines is 1. The number of anilines is 1. The van der Waals surface area contributed by atoms with Crippen molar-refractivity contribution in [3.8, 4) is 0 Å². The molecule has 4 N–H and O–H groups in total. The Labute approximate surface area is 118 Å². The maximum atomic E-state index is 12.4. The summed E-state index contributed by atoms with van der Waals surface area (Å²) in [5.41, 5.74) is 8.12. The largest absolute Gasteiger partial charge is 0.399 e. The third-order valence-electron chi connectivity index (χ3n) is 4.22. The van der Waals surface area contributed by atoms with E-state index in [0.717, 1.165) is 23.7 Å². The summed E-state index contributed by atoms with van der Waals surface area (Å²) in [4.78, 5) is 15.6. The summed E-state index contributed by atoms with van der Waals surface area (Å²) in [6, 6.07) is 5.90. The average molecular weight is 271 g/mol. The molecule has 0 radical (unpaired) electrons. The summed E-state index contributed by atoms with van der Waals surface area (Å²) in [6.07, 6.45) is 6.41. The molecule has 0 aliphatic heterocycles. The minimum Gasteiger partial charge on any atom is -0.399 e. The van der Waals surface area contributed by atoms with Gasteiger partial charge >= 0.3 is 0 Å². The molecule has 1 aromatic carbocycles. The fourth-order valence-electron chi connectivity index (χ4n) is 3.15. The van der Waals surface area contributed by atoms with Gasteiger partial charge in [0.1, 0.15) is 0 Å². The number of hydrogen-bond acceptors (Lipinski definition) is 2. The predicted molar refractivity (Wildman–Crippen MR) is 81.6 cm³/mol. The molecule has 4 heteroatoms. The molecule has 2 atom stereocenters. The smallest absolute Gasteiger partial charge is 0.253 e. The summed E-state index contributed by atoms with van der Waals surface area (Å²) >= 11 is 0. The van der Waals surface area contributed by atoms with E-state index >= 15 is 0 Å². The molecule has 106 valence electrons. The van der Waals surface area contributed by atoms with Gasteiger partial charge in [-0.05, 0) is 37.0 Å². The number of aromatic nitrogens is 1. The topological polar surface area (TPSA) is 70.9 Å². The number of H-pyrrole nitrogens is 1. The summed E-state index contributed by atoms with van der Waals surface area (Å²) in [7, 11) is 0. The third-order valence-corrected chi connectivity index (χ3v) is 4.22. The zero-order chi connectivity index (χ0) is 14.1. The first-order valence-corrected chi connectivity index (χ1v) is 7.31. The standard InChI is InChI=1S/C16H21N3O/c1-10-3-2-4-12(7-10)19-16(20)14-9-18-15-6-5-11(17)8-13(14)15/h5-6,8-10,12,18H,2-4,7,17H2,1H3,(H,19,20). The highest BCUT2D eigenvalue weighted by molar-refractivity contribution is 6.07. The fourth-order valence-corrected chi connectivity index (χ4v) is 3.15. The van der Waals surface area contributed by atoms with Crippen molar-refractivity contribution < 1.29 is 4.79 Å². The van der Waals surface area contributed by atoms with Gasteiger partial charge in [-0.1, -0.05) is 19.8 Å². The maximum Gasteiger partial charge on any atom is 0.253 e. The number of nitrogens with one attached hydrogen (secondary N) is 2. The third kappa shape index (κ3) is 2.50. The van der Waals surface area contributed by atoms with Crippen LogP contribution in [0.15, 0.2) is 24.4 Å². The lowest BCUT2D eigenvalue weighted by Gasteiger charge is -2.27. The van der Waals surface area contributed by atoms with Crippen LogP contribution in [0.5, 0.6) is 0 Å². The summed E-state index contributed by atoms with van der Waals surface area (Å²) in [5.74, 6) is 0.702. The van der Waals surface area contributed by atoms with Crippen molar-refractivity contribution in [1.29, 1.82) is 0 Å². The van der Waals surface area contributed by atoms with E-state index in [4.69, 9.17) is 5.73 Å². The zero-order valence-corrected chi connectivity index (χ0v) is 11.8. The quantitative estimate of drug-likeness (QED) is 0.735. The Kier molecular flexibility index (Phi) is 3.38. The van der Waals surface area contributed by atoms with Crippen LogP contribution in [0.1, 0.15) is 43.0 Å². The lowest BCUT2D eigenvalue weighted by Crippen LogP contribution is -2.37. The van der Waals surface area contributed by atoms with E-state index in [0.29, 0.717) is 23.2 Å². The molecule has 3 rings (SSSR count). The normalized spacial score (nSPS) is 22.9. The Bertz CT molecular complexity index is 632. The molecule has 1 heterocycles. The highest BCUT2D eigenvalue weighted by Crippen LogP contribution is 2.25. The van der Waals surface area contributed by atoms with Crippen LogP contribution in [0.25, 0.3) is 10.9 Å². The predicted octanol–water partition coefficient (Wildman–Crippen LogP) is 3.06. The molecule has 1 aromatic heterocycles. The first-order chi connectivity index (χ1) is 9.63. The zero-order valence-electron chi connectivity index (χ0n) is 11.8. The molecule has 4 nitrogen and oxygen atoms in total. The van der Waals surface area contributed by atoms with Gasteiger partial charge < -0.3 is 16.0 Å². The minimum absolute atomic E-state index is 0.000880. The fraction of sp³-hybridized carbons (Fsp3) is 0.438. The Balaban J connectivity index is 1.80. The van der Waals surface area contributed by atoms with Gasteiger partial charge in [-0.3, -0.25) is 4.79 Å². The van der Waals surface area contributed by atoms with Gasteiger partial charge in [0.25, 0.3) is 5.91 Å². The molecule has 2 aromatic rings. The second-order valence-corrected chi connectivity index (χ2v) is 5.95. The molecular weight excluding hydrogens is 250 g/mol. The highest BCUT2D eigenvalue weighted by atomic mass is 16.1. The van der Waals surface area contributed by atoms with Crippen molar-refractivity contribution in [1.82, 2.24) is 10.3 Å². The Hall–Kier alpha value is -1.97. The molecule has 0 spiro atoms. The van der Waals surface area contributed by atoms with Crippen LogP contribution in [0.4, 0.5) is 5.69 Å². The lowest BCUT2D eigenvalue weighted by molar-refractivity contribution is 0.0923. The number of hydrogen-bond donors (Lipinski definition) is 3. The number of carbonyl (C=O) groups is 1. The number of fused-ring (bicyclic) bond motifs is 1. The number of amides is 1. The molecule has 1 amide bonds. The Morgan fingerprint density at radius 1 is 1.40 bits per heavy atom. The van der Waals surface area contributed by atoms with E-state index in [-0.39, 0.29) is 5.91 Å². The van der Waals surface area contributed by atoms with Crippen LogP contribution in [0, 0.1) is 5.92 Å². The van der Waals surface area contributed by atoms with Crippen molar-refractivity contribution in [3.05, 3.63) is 30.0 Å². The molecule has 2 unspecified atom stereocenters. The average Bonchev–Trinajstić information content (AvgIpc) is 2.81. The first-order valence-electron chi connectivity index (χ1n) is 7.31. The Morgan fingerprint density at radius 3 is 3.05 bits per heavy atom. The Morgan fingerprint density at radius 2 is 2.25 bits per heavy atom. The number of nitrogen functional groups attached to an aromatic ring is 1. The molecule has 1 fully saturated rings. The van der Waals surface area contributed by atoms with E-state index in [1.807, 2.05) is 18.2 Å². The first kappa shape index (κ1) is 13.0. The van der Waals surface area contributed by atoms with Crippen LogP contribution < -0.4 is 11.1 Å². The van der Waals surface area contributed by atoms with Crippen LogP contribution in [0.3, 0.4) is 0 Å². The monoisotopic (exact) mass is 271 g/mol. The lowest BCUT2D eigenvalue weighted by atomic mass is 9.87. The van der Waals surface area contributed by atoms with Gasteiger partial charge in [0, 0.05) is 28.8 Å². The molecule has 0 bridgehead atoms. The number of carbonyl (C=O) groups excluding carboxylic acids is 1. The summed E-state index contributed by atoms with van der Waals surface area (Å²) in [6.45, 7) is 2.25. The minimum atomic E-state index is 0.000880. The highest BCUT2D eigenvalue weighted by Gasteiger charge is 2.22. The molecule has 0 saturated heterocycles. The van der Waals surface area contributed by atoms with E-state index in [1.165, 1.54) is 12.8 Å². The van der Waals surface area contributed by atoms with Crippen molar-refractivity contribution >= 4 is 22.5 Å². The second-order valence-electron chi connectivity index (χ2n) is 5.95. The number of benzene rings is 1. The summed E-state index contributed by atoms with van der Waals surface area (Å²) < 4.78 is 0. The second kappa shape index (κ2) is 5.19. The van der Waals surface area contributed by atoms with Crippen molar-refractivity contribution in [2.75, 3.05) is 5.73 Å². The van der Waals surface area contributed by atoms with E-state index in [2.05, 4.69) is 17.2 Å². The number of rotatable bonds is 2. The van der Waals surface area contributed by atoms with E-state index in [9.17, 15) is 4.79 Å². The molecule has 1 aliphatic carbocycles. The van der Waals surface area contributed by atoms with Crippen molar-refractivity contribution in [2.24, 2.45) is 5.92 Å². The van der Waals surface area contributed by atoms with Crippen LogP contribution in [0.2, 0.25) is 0 Å². The van der Waals surface area contributed by atoms with E-state index < -0.39 is 0 Å². The van der Waals surface area contributed by atoms with Crippen LogP contribution >= 0.6 is 0 Å². The van der Waals surface area contributed by atoms with Gasteiger partial charge in [-0.2, -0.15) is 0 Å². The van der Waals surface area contributed by atoms with Crippen molar-refractivity contribution in [2.45, 2.75) is 38.6 Å². The molecule has 1 saturated carbocycles. The van der Waals surface area contributed by atoms with Gasteiger partial charge in [0.2, 0.25) is 0 Å². The molecule has 20 heavy (non-hydrogen) atoms.